The van der Waals surface area contributed by atoms with Gasteiger partial charge < -0.3 is 9.80 Å². The second-order valence-corrected chi connectivity index (χ2v) is 15.6. The van der Waals surface area contributed by atoms with Crippen LogP contribution in [0.3, 0.4) is 0 Å². The van der Waals surface area contributed by atoms with Crippen LogP contribution in [0.5, 0.6) is 0 Å². The van der Waals surface area contributed by atoms with Gasteiger partial charge in [0.25, 0.3) is 0 Å². The van der Waals surface area contributed by atoms with Crippen LogP contribution in [0.15, 0.2) is 267 Å². The number of para-hydroxylation sites is 4. The van der Waals surface area contributed by atoms with Gasteiger partial charge in [-0.05, 0) is 76.7 Å². The van der Waals surface area contributed by atoms with Crippen LogP contribution < -0.4 is 9.80 Å². The highest BCUT2D eigenvalue weighted by Crippen LogP contribution is 2.49. The number of hydrogen-bond acceptors (Lipinski definition) is 2. The Morgan fingerprint density at radius 2 is 0.677 bits per heavy atom. The predicted molar refractivity (Wildman–Crippen MR) is 262 cm³/mol. The van der Waals surface area contributed by atoms with Gasteiger partial charge in [-0.25, -0.2) is 0 Å². The van der Waals surface area contributed by atoms with Gasteiger partial charge in [-0.15, -0.1) is 0 Å². The van der Waals surface area contributed by atoms with E-state index in [1.807, 2.05) is 0 Å². The minimum Gasteiger partial charge on any atom is -0.310 e. The van der Waals surface area contributed by atoms with Crippen LogP contribution in [0.4, 0.5) is 28.4 Å². The molecule has 0 heterocycles. The summed E-state index contributed by atoms with van der Waals surface area (Å²) in [5.74, 6) is 0.314. The van der Waals surface area contributed by atoms with E-state index in [1.165, 1.54) is 33.4 Å². The van der Waals surface area contributed by atoms with E-state index in [0.29, 0.717) is 5.92 Å². The minimum atomic E-state index is 0.314. The molecule has 0 saturated heterocycles. The van der Waals surface area contributed by atoms with Gasteiger partial charge in [0, 0.05) is 39.6 Å². The molecule has 1 unspecified atom stereocenters. The second-order valence-electron chi connectivity index (χ2n) is 15.6. The number of hydrogen-bond donors (Lipinski definition) is 0. The highest BCUT2D eigenvalue weighted by atomic mass is 15.2. The van der Waals surface area contributed by atoms with E-state index in [2.05, 4.69) is 271 Å². The average Bonchev–Trinajstić information content (AvgIpc) is 3.36. The van der Waals surface area contributed by atoms with Crippen LogP contribution in [0.25, 0.3) is 44.5 Å². The SMILES string of the molecule is C1=CC(c2ccccc2)CC=C1N(c1ccccc1-c1ccccc1)c1ccccc1-c1ccccc1N(c1ccc(-c2ccccc2)cc1)c1ccccc1-c1ccccc1. The summed E-state index contributed by atoms with van der Waals surface area (Å²) in [6, 6.07) is 87.3. The van der Waals surface area contributed by atoms with Crippen molar-refractivity contribution in [2.75, 3.05) is 9.80 Å². The fourth-order valence-corrected chi connectivity index (χ4v) is 8.83. The lowest BCUT2D eigenvalue weighted by molar-refractivity contribution is 0.840. The summed E-state index contributed by atoms with van der Waals surface area (Å²) in [6.07, 6.45) is 8.02. The van der Waals surface area contributed by atoms with Crippen molar-refractivity contribution < 1.29 is 0 Å². The molecule has 0 radical (unpaired) electrons. The van der Waals surface area contributed by atoms with E-state index in [4.69, 9.17) is 0 Å². The van der Waals surface area contributed by atoms with E-state index < -0.39 is 0 Å². The molecule has 1 aliphatic rings. The van der Waals surface area contributed by atoms with Crippen molar-refractivity contribution in [2.24, 2.45) is 0 Å². The molecule has 62 heavy (non-hydrogen) atoms. The van der Waals surface area contributed by atoms with Crippen LogP contribution in [-0.2, 0) is 0 Å². The third-order valence-electron chi connectivity index (χ3n) is 11.8. The number of allylic oxidation sites excluding steroid dienone is 3. The van der Waals surface area contributed by atoms with Crippen molar-refractivity contribution in [1.29, 1.82) is 0 Å². The number of nitrogens with zero attached hydrogens (tertiary/aromatic N) is 2. The molecule has 0 N–H and O–H groups in total. The Morgan fingerprint density at radius 3 is 1.16 bits per heavy atom. The highest BCUT2D eigenvalue weighted by Gasteiger charge is 2.26. The summed E-state index contributed by atoms with van der Waals surface area (Å²) in [6.45, 7) is 0. The summed E-state index contributed by atoms with van der Waals surface area (Å²) in [7, 11) is 0. The lowest BCUT2D eigenvalue weighted by Gasteiger charge is -2.34. The molecular weight excluding hydrogens is 749 g/mol. The summed E-state index contributed by atoms with van der Waals surface area (Å²) in [4.78, 5) is 4.92. The maximum atomic E-state index is 2.48. The molecule has 10 rings (SSSR count). The standard InChI is InChI=1S/C60H46N2/c1-5-21-45(22-6-1)47-37-41-51(42-38-47)61(57-33-17-13-29-53(57)49-25-9-3-10-26-49)59-35-19-15-31-55(59)56-32-16-20-36-60(56)62(52-43-39-48(40-44-52)46-23-7-2-8-24-46)58-34-18-14-30-54(58)50-27-11-4-12-28-50/h1-39,41-44,48H,40H2. The maximum Gasteiger partial charge on any atom is 0.0541 e. The van der Waals surface area contributed by atoms with Crippen LogP contribution in [0, 0.1) is 0 Å². The molecule has 0 spiro atoms. The molecule has 9 aromatic carbocycles. The van der Waals surface area contributed by atoms with Crippen molar-refractivity contribution in [3.05, 3.63) is 272 Å². The molecule has 9 aromatic rings. The summed E-state index contributed by atoms with van der Waals surface area (Å²) < 4.78 is 0. The first-order valence-electron chi connectivity index (χ1n) is 21.5. The van der Waals surface area contributed by atoms with Crippen molar-refractivity contribution >= 4 is 28.4 Å². The summed E-state index contributed by atoms with van der Waals surface area (Å²) in [5.41, 5.74) is 17.3. The van der Waals surface area contributed by atoms with Crippen LogP contribution in [-0.4, -0.2) is 0 Å². The Morgan fingerprint density at radius 1 is 0.306 bits per heavy atom. The topological polar surface area (TPSA) is 6.48 Å². The zero-order valence-corrected chi connectivity index (χ0v) is 34.5. The Bertz CT molecular complexity index is 2970. The van der Waals surface area contributed by atoms with Crippen LogP contribution in [0.2, 0.25) is 0 Å². The van der Waals surface area contributed by atoms with E-state index in [9.17, 15) is 0 Å². The van der Waals surface area contributed by atoms with Gasteiger partial charge in [-0.3, -0.25) is 0 Å². The van der Waals surface area contributed by atoms with Crippen molar-refractivity contribution in [3.63, 3.8) is 0 Å². The van der Waals surface area contributed by atoms with Gasteiger partial charge in [0.05, 0.1) is 22.7 Å². The molecule has 2 heteroatoms. The number of rotatable bonds is 11. The van der Waals surface area contributed by atoms with Gasteiger partial charge >= 0.3 is 0 Å². The zero-order chi connectivity index (χ0) is 41.5. The molecule has 0 fully saturated rings. The fraction of sp³-hybridized carbons (Fsp3) is 0.0333. The first-order chi connectivity index (χ1) is 30.8. The quantitative estimate of drug-likeness (QED) is 0.129. The largest absolute Gasteiger partial charge is 0.310 e. The lowest BCUT2D eigenvalue weighted by Crippen LogP contribution is -2.19. The third-order valence-corrected chi connectivity index (χ3v) is 11.8. The van der Waals surface area contributed by atoms with Crippen molar-refractivity contribution in [2.45, 2.75) is 12.3 Å². The van der Waals surface area contributed by atoms with Crippen LogP contribution in [0.1, 0.15) is 17.9 Å². The number of benzene rings is 9. The molecule has 0 saturated carbocycles. The minimum absolute atomic E-state index is 0.314. The lowest BCUT2D eigenvalue weighted by atomic mass is 9.90. The van der Waals surface area contributed by atoms with E-state index >= 15 is 0 Å². The Kier molecular flexibility index (Phi) is 10.9. The molecular formula is C60H46N2. The zero-order valence-electron chi connectivity index (χ0n) is 34.5. The summed E-state index contributed by atoms with van der Waals surface area (Å²) in [5, 5.41) is 0. The van der Waals surface area contributed by atoms with Gasteiger partial charge in [0.15, 0.2) is 0 Å². The van der Waals surface area contributed by atoms with Gasteiger partial charge in [0.1, 0.15) is 0 Å². The first kappa shape index (κ1) is 38.3. The van der Waals surface area contributed by atoms with Gasteiger partial charge in [-0.2, -0.15) is 0 Å². The van der Waals surface area contributed by atoms with E-state index in [1.54, 1.807) is 0 Å². The number of anilines is 5. The Hall–Kier alpha value is -7.94. The van der Waals surface area contributed by atoms with Crippen molar-refractivity contribution in [3.8, 4) is 44.5 Å². The van der Waals surface area contributed by atoms with E-state index in [0.717, 1.165) is 57.2 Å². The molecule has 0 aromatic heterocycles. The summed E-state index contributed by atoms with van der Waals surface area (Å²) >= 11 is 0. The van der Waals surface area contributed by atoms with Crippen molar-refractivity contribution in [1.82, 2.24) is 0 Å². The molecule has 0 amide bonds. The smallest absolute Gasteiger partial charge is 0.0541 e. The monoisotopic (exact) mass is 794 g/mol. The third kappa shape index (κ3) is 7.78. The normalized spacial score (nSPS) is 13.3. The van der Waals surface area contributed by atoms with Gasteiger partial charge in [0.2, 0.25) is 0 Å². The highest BCUT2D eigenvalue weighted by molar-refractivity contribution is 5.98. The first-order valence-corrected chi connectivity index (χ1v) is 21.5. The molecule has 296 valence electrons. The predicted octanol–water partition coefficient (Wildman–Crippen LogP) is 16.6. The Balaban J connectivity index is 1.16. The molecule has 2 nitrogen and oxygen atoms in total. The molecule has 1 aliphatic carbocycles. The molecule has 1 atom stereocenters. The molecule has 0 aliphatic heterocycles. The van der Waals surface area contributed by atoms with Gasteiger partial charge in [-0.1, -0.05) is 218 Å². The Labute approximate surface area is 365 Å². The second kappa shape index (κ2) is 17.7. The molecule has 0 bridgehead atoms. The van der Waals surface area contributed by atoms with Crippen LogP contribution >= 0.6 is 0 Å². The van der Waals surface area contributed by atoms with E-state index in [-0.39, 0.29) is 0 Å². The fourth-order valence-electron chi connectivity index (χ4n) is 8.83. The average molecular weight is 795 g/mol. The maximum absolute atomic E-state index is 2.48.